The highest BCUT2D eigenvalue weighted by molar-refractivity contribution is 7.89. The number of rotatable bonds is 16. The van der Waals surface area contributed by atoms with Gasteiger partial charge in [0.25, 0.3) is 11.8 Å². The van der Waals surface area contributed by atoms with Gasteiger partial charge in [0.1, 0.15) is 17.6 Å². The third-order valence-corrected chi connectivity index (χ3v) is 10.6. The number of piperidine rings is 1. The van der Waals surface area contributed by atoms with Crippen LogP contribution in [0.5, 0.6) is 11.5 Å². The molecule has 2 aliphatic heterocycles. The number of ether oxygens (including phenoxy) is 1. The van der Waals surface area contributed by atoms with Crippen molar-refractivity contribution in [2.45, 2.75) is 70.0 Å². The zero-order chi connectivity index (χ0) is 40.7. The highest BCUT2D eigenvalue weighted by Gasteiger charge is 2.40. The van der Waals surface area contributed by atoms with Crippen molar-refractivity contribution in [2.75, 3.05) is 30.3 Å². The fourth-order valence-corrected chi connectivity index (χ4v) is 7.59. The SMILES string of the molecule is Cc1cnc(Nc2ccc(OCCCNCC(=O)NOc3cccc4c3CN(C3CCC(=O)NC3=O)C4=O)cc2)nc1Nc1cccc(S(=O)(=O)NC(C)(C)C)c1. The smallest absolute Gasteiger partial charge is 0.266 e. The molecule has 17 nitrogen and oxygen atoms in total. The third kappa shape index (κ3) is 10.6. The van der Waals surface area contributed by atoms with E-state index in [-0.39, 0.29) is 42.6 Å². The number of carbonyl (C=O) groups excluding carboxylic acids is 4. The van der Waals surface area contributed by atoms with Gasteiger partial charge in [-0.1, -0.05) is 12.1 Å². The van der Waals surface area contributed by atoms with Crippen molar-refractivity contribution in [3.63, 3.8) is 0 Å². The van der Waals surface area contributed by atoms with Crippen LogP contribution in [0.1, 0.15) is 61.5 Å². The maximum atomic E-state index is 13.0. The van der Waals surface area contributed by atoms with Gasteiger partial charge in [-0.3, -0.25) is 24.5 Å². The van der Waals surface area contributed by atoms with E-state index < -0.39 is 33.4 Å². The number of imide groups is 1. The van der Waals surface area contributed by atoms with E-state index in [0.717, 1.165) is 11.3 Å². The average Bonchev–Trinajstić information content (AvgIpc) is 3.49. The van der Waals surface area contributed by atoms with Crippen molar-refractivity contribution in [1.82, 2.24) is 35.7 Å². The number of hydrogen-bond donors (Lipinski definition) is 6. The number of nitrogens with one attached hydrogen (secondary N) is 6. The van der Waals surface area contributed by atoms with E-state index in [1.54, 1.807) is 63.4 Å². The van der Waals surface area contributed by atoms with Crippen molar-refractivity contribution < 1.29 is 37.2 Å². The van der Waals surface area contributed by atoms with Crippen LogP contribution < -0.4 is 41.0 Å². The molecular weight excluding hydrogens is 755 g/mol. The van der Waals surface area contributed by atoms with Crippen LogP contribution in [-0.2, 0) is 31.0 Å². The van der Waals surface area contributed by atoms with Crippen molar-refractivity contribution in [1.29, 1.82) is 0 Å². The molecule has 6 rings (SSSR count). The van der Waals surface area contributed by atoms with E-state index in [0.29, 0.717) is 59.7 Å². The average molecular weight is 800 g/mol. The number of anilines is 4. The summed E-state index contributed by atoms with van der Waals surface area (Å²) in [5.74, 6) is 0.196. The van der Waals surface area contributed by atoms with Crippen LogP contribution in [-0.4, -0.2) is 78.2 Å². The highest BCUT2D eigenvalue weighted by atomic mass is 32.2. The van der Waals surface area contributed by atoms with Crippen LogP contribution in [0.2, 0.25) is 0 Å². The number of benzene rings is 3. The monoisotopic (exact) mass is 799 g/mol. The number of aryl methyl sites for hydroxylation is 1. The minimum Gasteiger partial charge on any atom is -0.494 e. The van der Waals surface area contributed by atoms with Crippen molar-refractivity contribution in [3.05, 3.63) is 89.6 Å². The first-order chi connectivity index (χ1) is 27.1. The summed E-state index contributed by atoms with van der Waals surface area (Å²) in [5.41, 5.74) is 4.75. The van der Waals surface area contributed by atoms with E-state index >= 15 is 0 Å². The van der Waals surface area contributed by atoms with Gasteiger partial charge < -0.3 is 30.4 Å². The zero-order valence-electron chi connectivity index (χ0n) is 32.0. The Morgan fingerprint density at radius 2 is 1.77 bits per heavy atom. The summed E-state index contributed by atoms with van der Waals surface area (Å²) in [4.78, 5) is 65.4. The third-order valence-electron chi connectivity index (χ3n) is 8.80. The second-order valence-electron chi connectivity index (χ2n) is 14.6. The zero-order valence-corrected chi connectivity index (χ0v) is 32.8. The van der Waals surface area contributed by atoms with Gasteiger partial charge in [-0.2, -0.15) is 10.5 Å². The summed E-state index contributed by atoms with van der Waals surface area (Å²) in [7, 11) is -3.72. The summed E-state index contributed by atoms with van der Waals surface area (Å²) < 4.78 is 34.2. The molecule has 0 spiro atoms. The summed E-state index contributed by atoms with van der Waals surface area (Å²) in [6, 6.07) is 17.9. The largest absolute Gasteiger partial charge is 0.494 e. The second kappa shape index (κ2) is 17.4. The molecule has 1 unspecified atom stereocenters. The van der Waals surface area contributed by atoms with Gasteiger partial charge in [0.15, 0.2) is 5.75 Å². The molecule has 4 amide bonds. The number of amides is 4. The lowest BCUT2D eigenvalue weighted by molar-refractivity contribution is -0.137. The van der Waals surface area contributed by atoms with Crippen LogP contribution in [0.3, 0.4) is 0 Å². The predicted octanol–water partition coefficient (Wildman–Crippen LogP) is 3.58. The first-order valence-electron chi connectivity index (χ1n) is 18.3. The van der Waals surface area contributed by atoms with Crippen molar-refractivity contribution >= 4 is 56.8 Å². The lowest BCUT2D eigenvalue weighted by Crippen LogP contribution is -2.52. The summed E-state index contributed by atoms with van der Waals surface area (Å²) in [6.07, 6.45) is 2.69. The molecule has 1 atom stereocenters. The summed E-state index contributed by atoms with van der Waals surface area (Å²) in [6.45, 7) is 8.20. The Morgan fingerprint density at radius 1 is 1.00 bits per heavy atom. The number of aromatic nitrogens is 2. The van der Waals surface area contributed by atoms with E-state index in [2.05, 4.69) is 41.4 Å². The number of sulfonamides is 1. The van der Waals surface area contributed by atoms with Gasteiger partial charge in [-0.25, -0.2) is 18.1 Å². The molecule has 1 aromatic heterocycles. The Hall–Kier alpha value is -6.11. The minimum atomic E-state index is -3.72. The first-order valence-corrected chi connectivity index (χ1v) is 19.8. The Morgan fingerprint density at radius 3 is 2.53 bits per heavy atom. The van der Waals surface area contributed by atoms with Crippen LogP contribution in [0.4, 0.5) is 23.1 Å². The van der Waals surface area contributed by atoms with Gasteiger partial charge in [0.2, 0.25) is 27.8 Å². The molecule has 3 heterocycles. The van der Waals surface area contributed by atoms with Gasteiger partial charge in [-0.05, 0) is 102 Å². The van der Waals surface area contributed by atoms with E-state index in [1.165, 1.54) is 11.0 Å². The standard InChI is InChI=1S/C39H45N9O8S/c1-24-21-41-38(45-35(24)42-26-8-5-9-28(20-26)57(53,54)47-39(2,3)4)43-25-12-14-27(15-13-25)55-19-7-18-40-22-34(50)46-56-32-11-6-10-29-30(32)23-48(37(29)52)31-16-17-33(49)44-36(31)51/h5-6,8-15,20-21,31,40,47H,7,16-19,22-23H2,1-4H3,(H,46,50)(H,44,49,51)(H2,41,42,43,45). The molecule has 300 valence electrons. The lowest BCUT2D eigenvalue weighted by atomic mass is 10.0. The Kier molecular flexibility index (Phi) is 12.3. The molecule has 4 aromatic rings. The number of nitrogens with zero attached hydrogens (tertiary/aromatic N) is 3. The summed E-state index contributed by atoms with van der Waals surface area (Å²) >= 11 is 0. The lowest BCUT2D eigenvalue weighted by Gasteiger charge is -2.29. The van der Waals surface area contributed by atoms with Crippen LogP contribution in [0.15, 0.2) is 77.8 Å². The topological polar surface area (TPSA) is 222 Å². The number of hydrogen-bond acceptors (Lipinski definition) is 13. The predicted molar refractivity (Wildman–Crippen MR) is 211 cm³/mol. The van der Waals surface area contributed by atoms with Crippen molar-refractivity contribution in [2.24, 2.45) is 0 Å². The molecule has 0 saturated carbocycles. The van der Waals surface area contributed by atoms with E-state index in [9.17, 15) is 27.6 Å². The number of hydroxylamine groups is 1. The van der Waals surface area contributed by atoms with Gasteiger partial charge in [0, 0.05) is 46.2 Å². The molecule has 18 heteroatoms. The maximum Gasteiger partial charge on any atom is 0.266 e. The quantitative estimate of drug-likeness (QED) is 0.0543. The molecule has 3 aromatic carbocycles. The number of carbonyl (C=O) groups is 4. The Bertz CT molecular complexity index is 2260. The molecular formula is C39H45N9O8S. The molecule has 0 aliphatic carbocycles. The molecule has 1 saturated heterocycles. The molecule has 0 radical (unpaired) electrons. The maximum absolute atomic E-state index is 13.0. The van der Waals surface area contributed by atoms with Gasteiger partial charge in [0.05, 0.1) is 24.6 Å². The Balaban J connectivity index is 0.907. The highest BCUT2D eigenvalue weighted by Crippen LogP contribution is 2.33. The van der Waals surface area contributed by atoms with Crippen LogP contribution in [0.25, 0.3) is 0 Å². The van der Waals surface area contributed by atoms with Gasteiger partial charge in [-0.15, -0.1) is 0 Å². The molecule has 57 heavy (non-hydrogen) atoms. The first kappa shape index (κ1) is 40.6. The molecule has 0 bridgehead atoms. The molecule has 2 aliphatic rings. The fraction of sp³-hybridized carbons (Fsp3) is 0.333. The van der Waals surface area contributed by atoms with E-state index in [4.69, 9.17) is 9.57 Å². The fourth-order valence-electron chi connectivity index (χ4n) is 6.12. The minimum absolute atomic E-state index is 0.0156. The van der Waals surface area contributed by atoms with E-state index in [1.807, 2.05) is 31.2 Å². The normalized spacial score (nSPS) is 15.5. The molecule has 6 N–H and O–H groups in total. The van der Waals surface area contributed by atoms with Crippen LogP contribution in [0, 0.1) is 6.92 Å². The molecule has 1 fully saturated rings. The Labute approximate surface area is 330 Å². The van der Waals surface area contributed by atoms with Crippen LogP contribution >= 0.6 is 0 Å². The second-order valence-corrected chi connectivity index (χ2v) is 16.3. The van der Waals surface area contributed by atoms with Crippen molar-refractivity contribution in [3.8, 4) is 11.5 Å². The number of fused-ring (bicyclic) bond motifs is 1. The van der Waals surface area contributed by atoms with Gasteiger partial charge >= 0.3 is 0 Å². The summed E-state index contributed by atoms with van der Waals surface area (Å²) in [5, 5.41) is 11.7.